The number of nitrogen functional groups attached to an aromatic ring is 1. The molecule has 1 saturated heterocycles. The maximum Gasteiger partial charge on any atom is 0.354 e. The number of hydrogen-bond acceptors (Lipinski definition) is 7. The first-order valence-electron chi connectivity index (χ1n) is 8.04. The maximum atomic E-state index is 12.1. The van der Waals surface area contributed by atoms with Crippen molar-refractivity contribution in [1.82, 2.24) is 14.5 Å². The smallest absolute Gasteiger partial charge is 0.354 e. The van der Waals surface area contributed by atoms with E-state index in [0.29, 0.717) is 0 Å². The summed E-state index contributed by atoms with van der Waals surface area (Å²) >= 11 is 0. The van der Waals surface area contributed by atoms with Crippen LogP contribution in [0.4, 0.5) is 5.95 Å². The van der Waals surface area contributed by atoms with Crippen LogP contribution in [0.1, 0.15) is 12.6 Å². The SMILES string of the molecule is C[Si](C)(C)C(O)C1OC(n2cnc(N)nc2=O)C[C@@]1(O)[Si](C)(C)C. The largest absolute Gasteiger partial charge is 0.394 e. The fraction of sp³-hybridized carbons (Fsp3) is 0.786. The van der Waals surface area contributed by atoms with Gasteiger partial charge in [0, 0.05) is 6.42 Å². The van der Waals surface area contributed by atoms with Crippen LogP contribution in [0.3, 0.4) is 0 Å². The molecule has 4 atom stereocenters. The molecule has 0 amide bonds. The van der Waals surface area contributed by atoms with Gasteiger partial charge < -0.3 is 20.7 Å². The van der Waals surface area contributed by atoms with Crippen LogP contribution in [0.5, 0.6) is 0 Å². The van der Waals surface area contributed by atoms with Gasteiger partial charge in [0.05, 0.1) is 27.1 Å². The second-order valence-corrected chi connectivity index (χ2v) is 19.3. The number of aromatic nitrogens is 3. The van der Waals surface area contributed by atoms with Gasteiger partial charge in [0.2, 0.25) is 5.95 Å². The molecule has 1 aliphatic heterocycles. The zero-order valence-electron chi connectivity index (χ0n) is 15.1. The van der Waals surface area contributed by atoms with Crippen molar-refractivity contribution in [3.05, 3.63) is 16.8 Å². The molecule has 2 rings (SSSR count). The summed E-state index contributed by atoms with van der Waals surface area (Å²) in [6.45, 7) is 12.2. The third-order valence-corrected chi connectivity index (χ3v) is 9.95. The van der Waals surface area contributed by atoms with Gasteiger partial charge >= 0.3 is 5.69 Å². The molecule has 2 heterocycles. The molecule has 3 unspecified atom stereocenters. The Morgan fingerprint density at radius 1 is 1.38 bits per heavy atom. The van der Waals surface area contributed by atoms with Gasteiger partial charge in [-0.25, -0.2) is 9.78 Å². The lowest BCUT2D eigenvalue weighted by molar-refractivity contribution is -0.0746. The molecular weight excluding hydrogens is 344 g/mol. The van der Waals surface area contributed by atoms with Crippen molar-refractivity contribution in [3.63, 3.8) is 0 Å². The van der Waals surface area contributed by atoms with Crippen LogP contribution in [-0.4, -0.2) is 58.0 Å². The molecule has 8 nitrogen and oxygen atoms in total. The summed E-state index contributed by atoms with van der Waals surface area (Å²) in [5, 5.41) is 21.1. The van der Waals surface area contributed by atoms with E-state index < -0.39 is 45.1 Å². The number of aliphatic hydroxyl groups excluding tert-OH is 1. The molecular formula is C14H28N4O4Si2. The van der Waals surface area contributed by atoms with Crippen molar-refractivity contribution in [2.75, 3.05) is 5.73 Å². The summed E-state index contributed by atoms with van der Waals surface area (Å²) in [7, 11) is -4.14. The molecule has 24 heavy (non-hydrogen) atoms. The lowest BCUT2D eigenvalue weighted by Gasteiger charge is -2.43. The van der Waals surface area contributed by atoms with Gasteiger partial charge in [0.25, 0.3) is 0 Å². The highest BCUT2D eigenvalue weighted by Crippen LogP contribution is 2.44. The Bertz CT molecular complexity index is 670. The molecule has 0 bridgehead atoms. The molecule has 0 saturated carbocycles. The minimum atomic E-state index is -2.14. The molecule has 136 valence electrons. The Morgan fingerprint density at radius 3 is 2.42 bits per heavy atom. The van der Waals surface area contributed by atoms with Gasteiger partial charge in [0.1, 0.15) is 18.7 Å². The van der Waals surface area contributed by atoms with E-state index in [4.69, 9.17) is 10.5 Å². The molecule has 1 fully saturated rings. The number of nitrogens with two attached hydrogens (primary N) is 1. The Morgan fingerprint density at radius 2 is 1.96 bits per heavy atom. The van der Waals surface area contributed by atoms with Gasteiger partial charge in [0.15, 0.2) is 0 Å². The van der Waals surface area contributed by atoms with E-state index in [-0.39, 0.29) is 12.4 Å². The summed E-state index contributed by atoms with van der Waals surface area (Å²) in [5.41, 5.74) is 4.11. The Labute approximate surface area is 143 Å². The summed E-state index contributed by atoms with van der Waals surface area (Å²) < 4.78 is 7.24. The standard InChI is InChI=1S/C14H28N4O4Si2/c1-23(2,3)11(19)10-14(21,24(4,5)6)7-9(22-10)18-8-16-12(15)17-13(18)20/h8-11,19,21H,7H2,1-6H3,(H2,15,17,20)/t9?,10?,11?,14-/m1/s1. The van der Waals surface area contributed by atoms with E-state index in [1.54, 1.807) is 0 Å². The molecule has 1 aromatic heterocycles. The van der Waals surface area contributed by atoms with Crippen LogP contribution in [0.2, 0.25) is 39.3 Å². The van der Waals surface area contributed by atoms with Crippen LogP contribution in [0.25, 0.3) is 0 Å². The average molecular weight is 373 g/mol. The van der Waals surface area contributed by atoms with Crippen LogP contribution < -0.4 is 11.4 Å². The van der Waals surface area contributed by atoms with Crippen molar-refractivity contribution < 1.29 is 14.9 Å². The first-order valence-corrected chi connectivity index (χ1v) is 15.1. The molecule has 1 aliphatic rings. The monoisotopic (exact) mass is 372 g/mol. The molecule has 1 aromatic rings. The quantitative estimate of drug-likeness (QED) is 0.652. The van der Waals surface area contributed by atoms with E-state index in [1.165, 1.54) is 10.9 Å². The minimum Gasteiger partial charge on any atom is -0.394 e. The molecule has 0 aromatic carbocycles. The first-order chi connectivity index (χ1) is 10.8. The van der Waals surface area contributed by atoms with Gasteiger partial charge in [-0.2, -0.15) is 4.98 Å². The Balaban J connectivity index is 2.46. The lowest BCUT2D eigenvalue weighted by Crippen LogP contribution is -2.64. The summed E-state index contributed by atoms with van der Waals surface area (Å²) in [6, 6.07) is 0. The highest BCUT2D eigenvalue weighted by molar-refractivity contribution is 6.80. The number of rotatable bonds is 4. The number of anilines is 1. The number of hydrogen-bond donors (Lipinski definition) is 3. The lowest BCUT2D eigenvalue weighted by atomic mass is 10.1. The van der Waals surface area contributed by atoms with Gasteiger partial charge in [-0.1, -0.05) is 39.3 Å². The van der Waals surface area contributed by atoms with E-state index in [0.717, 1.165) is 0 Å². The highest BCUT2D eigenvalue weighted by atomic mass is 28.3. The second kappa shape index (κ2) is 6.02. The molecule has 0 spiro atoms. The number of ether oxygens (including phenoxy) is 1. The van der Waals surface area contributed by atoms with E-state index in [9.17, 15) is 15.0 Å². The first kappa shape index (κ1) is 19.3. The summed E-state index contributed by atoms with van der Waals surface area (Å²) in [4.78, 5) is 19.5. The second-order valence-electron chi connectivity index (χ2n) is 8.60. The molecule has 4 N–H and O–H groups in total. The zero-order chi connectivity index (χ0) is 18.5. The van der Waals surface area contributed by atoms with E-state index in [1.807, 2.05) is 39.3 Å². The number of nitrogens with zero attached hydrogens (tertiary/aromatic N) is 3. The predicted octanol–water partition coefficient (Wildman–Crippen LogP) is 0.355. The van der Waals surface area contributed by atoms with E-state index >= 15 is 0 Å². The molecule has 0 aliphatic carbocycles. The van der Waals surface area contributed by atoms with Crippen molar-refractivity contribution in [2.24, 2.45) is 0 Å². The van der Waals surface area contributed by atoms with Crippen molar-refractivity contribution in [3.8, 4) is 0 Å². The number of aliphatic hydroxyl groups is 2. The van der Waals surface area contributed by atoms with E-state index in [2.05, 4.69) is 9.97 Å². The fourth-order valence-electron chi connectivity index (χ4n) is 2.95. The predicted molar refractivity (Wildman–Crippen MR) is 96.9 cm³/mol. The fourth-order valence-corrected chi connectivity index (χ4v) is 6.25. The summed E-state index contributed by atoms with van der Waals surface area (Å²) in [6.07, 6.45) is 0.0573. The Hall–Kier alpha value is -1.08. The topological polar surface area (TPSA) is 123 Å². The van der Waals surface area contributed by atoms with Gasteiger partial charge in [-0.15, -0.1) is 0 Å². The molecule has 0 radical (unpaired) electrons. The zero-order valence-corrected chi connectivity index (χ0v) is 17.1. The Kier molecular flexibility index (Phi) is 4.83. The minimum absolute atomic E-state index is 0.103. The average Bonchev–Trinajstić information content (AvgIpc) is 2.75. The third-order valence-electron chi connectivity index (χ3n) is 4.79. The van der Waals surface area contributed by atoms with Crippen molar-refractivity contribution in [1.29, 1.82) is 0 Å². The van der Waals surface area contributed by atoms with Crippen LogP contribution in [0.15, 0.2) is 11.1 Å². The van der Waals surface area contributed by atoms with Gasteiger partial charge in [-0.3, -0.25) is 4.57 Å². The van der Waals surface area contributed by atoms with Crippen LogP contribution >= 0.6 is 0 Å². The van der Waals surface area contributed by atoms with Crippen molar-refractivity contribution in [2.45, 2.75) is 69.0 Å². The summed E-state index contributed by atoms with van der Waals surface area (Å²) in [5.74, 6) is -0.103. The van der Waals surface area contributed by atoms with Crippen LogP contribution in [-0.2, 0) is 4.74 Å². The van der Waals surface area contributed by atoms with Crippen LogP contribution in [0, 0.1) is 0 Å². The normalized spacial score (nSPS) is 29.7. The highest BCUT2D eigenvalue weighted by Gasteiger charge is 2.59. The maximum absolute atomic E-state index is 12.1. The third kappa shape index (κ3) is 3.33. The van der Waals surface area contributed by atoms with Crippen molar-refractivity contribution >= 4 is 22.1 Å². The molecule has 10 heteroatoms. The van der Waals surface area contributed by atoms with Gasteiger partial charge in [-0.05, 0) is 0 Å².